The molecule has 0 atom stereocenters. The minimum Gasteiger partial charge on any atom is -0.331 e. The van der Waals surface area contributed by atoms with Gasteiger partial charge in [-0.15, -0.1) is 0 Å². The van der Waals surface area contributed by atoms with Crippen molar-refractivity contribution in [2.24, 2.45) is 0 Å². The molecule has 0 aliphatic heterocycles. The van der Waals surface area contributed by atoms with Crippen LogP contribution in [0.4, 0.5) is 8.78 Å². The maximum absolute atomic E-state index is 12.9. The Morgan fingerprint density at radius 3 is 2.33 bits per heavy atom. The molecule has 1 aromatic carbocycles. The fourth-order valence-electron chi connectivity index (χ4n) is 2.05. The van der Waals surface area contributed by atoms with Gasteiger partial charge in [0.25, 0.3) is 0 Å². The second-order valence-corrected chi connectivity index (χ2v) is 7.72. The largest absolute Gasteiger partial charge is 0.400 e. The van der Waals surface area contributed by atoms with E-state index in [0.29, 0.717) is 0 Å². The second-order valence-electron chi connectivity index (χ2n) is 5.25. The van der Waals surface area contributed by atoms with Gasteiger partial charge in [-0.25, -0.2) is 18.4 Å². The summed E-state index contributed by atoms with van der Waals surface area (Å²) in [4.78, 5) is 22.7. The van der Waals surface area contributed by atoms with Crippen LogP contribution in [0.1, 0.15) is 16.2 Å². The van der Waals surface area contributed by atoms with E-state index in [4.69, 9.17) is 11.6 Å². The average molecular weight is 415 g/mol. The zero-order valence-electron chi connectivity index (χ0n) is 13.2. The Hall–Kier alpha value is -2.79. The van der Waals surface area contributed by atoms with Crippen LogP contribution in [0.5, 0.6) is 0 Å². The van der Waals surface area contributed by atoms with Crippen molar-refractivity contribution in [1.82, 2.24) is 20.1 Å². The monoisotopic (exact) mass is 414 g/mol. The van der Waals surface area contributed by atoms with Crippen molar-refractivity contribution < 1.29 is 26.5 Å². The van der Waals surface area contributed by atoms with Crippen molar-refractivity contribution in [3.05, 3.63) is 54.4 Å². The van der Waals surface area contributed by atoms with Gasteiger partial charge in [-0.1, -0.05) is 29.4 Å². The normalized spacial score (nSPS) is 12.1. The first-order valence-corrected chi connectivity index (χ1v) is 9.22. The van der Waals surface area contributed by atoms with Gasteiger partial charge in [0.2, 0.25) is 5.82 Å². The molecule has 2 aromatic heterocycles. The highest BCUT2D eigenvalue weighted by molar-refractivity contribution is 7.92. The number of carbonyl (C=O) groups excluding carboxylic acids is 1. The van der Waals surface area contributed by atoms with Gasteiger partial charge in [-0.3, -0.25) is 4.79 Å². The third kappa shape index (κ3) is 4.31. The molecular formula is C15H9ClF2N4O4S. The molecule has 0 saturated carbocycles. The molecule has 0 saturated heterocycles. The number of hydrogen-bond donors (Lipinski definition) is 0. The van der Waals surface area contributed by atoms with Crippen LogP contribution >= 0.6 is 11.6 Å². The van der Waals surface area contributed by atoms with E-state index in [2.05, 4.69) is 24.6 Å². The predicted octanol–water partition coefficient (Wildman–Crippen LogP) is 2.47. The number of alkyl halides is 3. The maximum atomic E-state index is 12.9. The lowest BCUT2D eigenvalue weighted by molar-refractivity contribution is 0.0551. The van der Waals surface area contributed by atoms with Crippen molar-refractivity contribution >= 4 is 27.2 Å². The van der Waals surface area contributed by atoms with Gasteiger partial charge in [-0.05, 0) is 11.6 Å². The Bertz CT molecular complexity index is 1070. The lowest BCUT2D eigenvalue weighted by Crippen LogP contribution is -2.16. The molecule has 27 heavy (non-hydrogen) atoms. The first-order valence-electron chi connectivity index (χ1n) is 7.19. The molecule has 0 aliphatic rings. The number of nitrogens with zero attached hydrogens (tertiary/aromatic N) is 4. The number of hydrogen-bond acceptors (Lipinski definition) is 8. The highest BCUT2D eigenvalue weighted by Crippen LogP contribution is 2.32. The van der Waals surface area contributed by atoms with E-state index < -0.39 is 32.6 Å². The summed E-state index contributed by atoms with van der Waals surface area (Å²) in [6.07, 6.45) is 3.36. The van der Waals surface area contributed by atoms with Gasteiger partial charge in [-0.2, -0.15) is 13.8 Å². The molecule has 0 aliphatic carbocycles. The van der Waals surface area contributed by atoms with E-state index in [1.807, 2.05) is 0 Å². The Morgan fingerprint density at radius 2 is 1.78 bits per heavy atom. The highest BCUT2D eigenvalue weighted by Gasteiger charge is 2.35. The standard InChI is InChI=1S/C15H9ClF2N4O4S/c16-15(17,18)14-21-13(22-26-14)10-3-1-9(2-4-10)12(23)7-27(24,25)11-5-19-8-20-6-11/h1-6,8H,7H2. The van der Waals surface area contributed by atoms with Crippen molar-refractivity contribution in [3.8, 4) is 11.4 Å². The quantitative estimate of drug-likeness (QED) is 0.446. The summed E-state index contributed by atoms with van der Waals surface area (Å²) in [5, 5.41) is -0.414. The molecule has 3 rings (SSSR count). The second kappa shape index (κ2) is 7.08. The van der Waals surface area contributed by atoms with E-state index in [9.17, 15) is 22.0 Å². The van der Waals surface area contributed by atoms with Crippen LogP contribution in [0.15, 0.2) is 52.4 Å². The van der Waals surface area contributed by atoms with Gasteiger partial charge in [0.1, 0.15) is 17.0 Å². The Morgan fingerprint density at radius 1 is 1.15 bits per heavy atom. The number of sulfone groups is 1. The van der Waals surface area contributed by atoms with E-state index in [1.54, 1.807) is 0 Å². The molecule has 12 heteroatoms. The highest BCUT2D eigenvalue weighted by atomic mass is 35.5. The van der Waals surface area contributed by atoms with E-state index in [-0.39, 0.29) is 21.8 Å². The summed E-state index contributed by atoms with van der Waals surface area (Å²) in [5.41, 5.74) is 0.382. The zero-order valence-corrected chi connectivity index (χ0v) is 14.8. The molecule has 0 fully saturated rings. The number of rotatable bonds is 6. The Kier molecular flexibility index (Phi) is 4.98. The van der Waals surface area contributed by atoms with Gasteiger partial charge in [0.15, 0.2) is 15.6 Å². The molecule has 0 spiro atoms. The van der Waals surface area contributed by atoms with Gasteiger partial charge < -0.3 is 4.52 Å². The minimum atomic E-state index is -3.90. The van der Waals surface area contributed by atoms with E-state index in [1.165, 1.54) is 30.6 Å². The van der Waals surface area contributed by atoms with Crippen molar-refractivity contribution in [3.63, 3.8) is 0 Å². The molecular weight excluding hydrogens is 406 g/mol. The van der Waals surface area contributed by atoms with Crippen molar-refractivity contribution in [2.45, 2.75) is 10.3 Å². The lowest BCUT2D eigenvalue weighted by atomic mass is 10.1. The number of ketones is 1. The molecule has 0 unspecified atom stereocenters. The van der Waals surface area contributed by atoms with Crippen LogP contribution in [0.25, 0.3) is 11.4 Å². The molecule has 8 nitrogen and oxygen atoms in total. The summed E-state index contributed by atoms with van der Waals surface area (Å²) < 4.78 is 54.6. The van der Waals surface area contributed by atoms with Crippen LogP contribution in [-0.2, 0) is 15.2 Å². The van der Waals surface area contributed by atoms with Crippen LogP contribution in [0.3, 0.4) is 0 Å². The third-order valence-corrected chi connectivity index (χ3v) is 5.08. The summed E-state index contributed by atoms with van der Waals surface area (Å²) in [6.45, 7) is 0. The van der Waals surface area contributed by atoms with Gasteiger partial charge in [0, 0.05) is 23.5 Å². The number of benzene rings is 1. The first-order chi connectivity index (χ1) is 12.7. The third-order valence-electron chi connectivity index (χ3n) is 3.35. The fourth-order valence-corrected chi connectivity index (χ4v) is 3.24. The maximum Gasteiger partial charge on any atom is 0.400 e. The zero-order chi connectivity index (χ0) is 19.7. The van der Waals surface area contributed by atoms with E-state index >= 15 is 0 Å². The number of halogens is 3. The van der Waals surface area contributed by atoms with Gasteiger partial charge >= 0.3 is 11.3 Å². The van der Waals surface area contributed by atoms with E-state index in [0.717, 1.165) is 12.4 Å². The molecule has 0 N–H and O–H groups in total. The molecule has 2 heterocycles. The summed E-state index contributed by atoms with van der Waals surface area (Å²) in [5.74, 6) is -2.65. The molecule has 0 radical (unpaired) electrons. The predicted molar refractivity (Wildman–Crippen MR) is 87.9 cm³/mol. The molecule has 140 valence electrons. The van der Waals surface area contributed by atoms with Crippen LogP contribution < -0.4 is 0 Å². The SMILES string of the molecule is O=C(CS(=O)(=O)c1cncnc1)c1ccc(-c2noc(C(F)(F)Cl)n2)cc1. The average Bonchev–Trinajstić information content (AvgIpc) is 3.13. The number of carbonyl (C=O) groups is 1. The molecule has 0 amide bonds. The van der Waals surface area contributed by atoms with Crippen molar-refractivity contribution in [2.75, 3.05) is 5.75 Å². The summed E-state index contributed by atoms with van der Waals surface area (Å²) in [7, 11) is -3.90. The van der Waals surface area contributed by atoms with Gasteiger partial charge in [0.05, 0.1) is 0 Å². The lowest BCUT2D eigenvalue weighted by Gasteiger charge is -2.04. The minimum absolute atomic E-state index is 0.102. The topological polar surface area (TPSA) is 116 Å². The Labute approximate surface area is 156 Å². The smallest absolute Gasteiger partial charge is 0.331 e. The first kappa shape index (κ1) is 19.0. The summed E-state index contributed by atoms with van der Waals surface area (Å²) in [6, 6.07) is 5.38. The number of Topliss-reactive ketones (excluding diaryl/α,β-unsaturated/α-hetero) is 1. The fraction of sp³-hybridized carbons (Fsp3) is 0.133. The Balaban J connectivity index is 1.77. The van der Waals surface area contributed by atoms with Crippen molar-refractivity contribution in [1.29, 1.82) is 0 Å². The molecule has 3 aromatic rings. The number of aromatic nitrogens is 4. The molecule has 0 bridgehead atoms. The van der Waals surface area contributed by atoms with Crippen LogP contribution in [0.2, 0.25) is 0 Å². The summed E-state index contributed by atoms with van der Waals surface area (Å²) >= 11 is 4.80. The van der Waals surface area contributed by atoms with Crippen LogP contribution in [-0.4, -0.2) is 40.1 Å². The van der Waals surface area contributed by atoms with Crippen LogP contribution in [0, 0.1) is 0 Å².